The Morgan fingerprint density at radius 1 is 1.10 bits per heavy atom. The fraction of sp³-hybridized carbons (Fsp3) is 0.667. The molecule has 21 heavy (non-hydrogen) atoms. The SMILES string of the molecule is Cc1cc2c(cc1C)C(O)C(N1C(C)CCCC1C)CO2. The molecule has 4 unspecified atom stereocenters. The third kappa shape index (κ3) is 2.58. The van der Waals surface area contributed by atoms with Gasteiger partial charge in [-0.3, -0.25) is 4.90 Å². The molecule has 2 aliphatic rings. The molecule has 1 saturated heterocycles. The predicted octanol–water partition coefficient (Wildman–Crippen LogP) is 3.36. The second-order valence-electron chi connectivity index (χ2n) is 6.87. The van der Waals surface area contributed by atoms with Gasteiger partial charge in [0, 0.05) is 17.6 Å². The maximum Gasteiger partial charge on any atom is 0.125 e. The van der Waals surface area contributed by atoms with Crippen molar-refractivity contribution in [2.45, 2.75) is 71.2 Å². The topological polar surface area (TPSA) is 32.7 Å². The van der Waals surface area contributed by atoms with E-state index in [1.807, 2.05) is 0 Å². The molecule has 0 spiro atoms. The molecule has 1 aromatic rings. The van der Waals surface area contributed by atoms with Crippen molar-refractivity contribution in [2.75, 3.05) is 6.61 Å². The Morgan fingerprint density at radius 2 is 1.71 bits per heavy atom. The van der Waals surface area contributed by atoms with Crippen molar-refractivity contribution in [3.63, 3.8) is 0 Å². The number of likely N-dealkylation sites (tertiary alicyclic amines) is 1. The van der Waals surface area contributed by atoms with Gasteiger partial charge in [-0.05, 0) is 63.8 Å². The lowest BCUT2D eigenvalue weighted by Crippen LogP contribution is -2.55. The number of hydrogen-bond donors (Lipinski definition) is 1. The van der Waals surface area contributed by atoms with Crippen LogP contribution in [0.4, 0.5) is 0 Å². The fourth-order valence-corrected chi connectivity index (χ4v) is 3.99. The number of rotatable bonds is 1. The standard InChI is InChI=1S/C18H27NO2/c1-11-8-15-17(9-12(11)2)21-10-16(18(15)20)19-13(3)6-5-7-14(19)4/h8-9,13-14,16,18,20H,5-7,10H2,1-4H3. The van der Waals surface area contributed by atoms with E-state index in [4.69, 9.17) is 4.74 Å². The van der Waals surface area contributed by atoms with Crippen LogP contribution in [-0.2, 0) is 0 Å². The molecule has 0 saturated carbocycles. The molecule has 3 nitrogen and oxygen atoms in total. The molecule has 1 N–H and O–H groups in total. The van der Waals surface area contributed by atoms with Crippen molar-refractivity contribution in [2.24, 2.45) is 0 Å². The number of aryl methyl sites for hydroxylation is 2. The van der Waals surface area contributed by atoms with E-state index < -0.39 is 6.10 Å². The van der Waals surface area contributed by atoms with Crippen molar-refractivity contribution < 1.29 is 9.84 Å². The van der Waals surface area contributed by atoms with Gasteiger partial charge in [0.15, 0.2) is 0 Å². The normalized spacial score (nSPS) is 33.4. The number of ether oxygens (including phenoxy) is 1. The third-order valence-electron chi connectivity index (χ3n) is 5.36. The van der Waals surface area contributed by atoms with Crippen LogP contribution >= 0.6 is 0 Å². The summed E-state index contributed by atoms with van der Waals surface area (Å²) in [7, 11) is 0. The van der Waals surface area contributed by atoms with E-state index in [1.54, 1.807) is 0 Å². The van der Waals surface area contributed by atoms with Crippen molar-refractivity contribution in [3.8, 4) is 5.75 Å². The minimum Gasteiger partial charge on any atom is -0.491 e. The zero-order valence-electron chi connectivity index (χ0n) is 13.6. The predicted molar refractivity (Wildman–Crippen MR) is 84.8 cm³/mol. The summed E-state index contributed by atoms with van der Waals surface area (Å²) >= 11 is 0. The van der Waals surface area contributed by atoms with E-state index in [1.165, 1.54) is 30.4 Å². The maximum absolute atomic E-state index is 10.9. The number of benzene rings is 1. The minimum absolute atomic E-state index is 0.0740. The Labute approximate surface area is 127 Å². The number of hydrogen-bond acceptors (Lipinski definition) is 3. The average molecular weight is 289 g/mol. The summed E-state index contributed by atoms with van der Waals surface area (Å²) in [6, 6.07) is 5.27. The quantitative estimate of drug-likeness (QED) is 0.860. The number of aliphatic hydroxyl groups excluding tert-OH is 1. The molecule has 0 radical (unpaired) electrons. The van der Waals surface area contributed by atoms with Gasteiger partial charge in [0.05, 0.1) is 6.04 Å². The van der Waals surface area contributed by atoms with E-state index in [9.17, 15) is 5.11 Å². The number of nitrogens with zero attached hydrogens (tertiary/aromatic N) is 1. The van der Waals surface area contributed by atoms with Crippen LogP contribution in [0.15, 0.2) is 12.1 Å². The highest BCUT2D eigenvalue weighted by Gasteiger charge is 2.39. The molecule has 0 amide bonds. The van der Waals surface area contributed by atoms with Gasteiger partial charge in [-0.1, -0.05) is 6.42 Å². The molecule has 0 bridgehead atoms. The largest absolute Gasteiger partial charge is 0.491 e. The lowest BCUT2D eigenvalue weighted by atomic mass is 9.89. The van der Waals surface area contributed by atoms with Crippen LogP contribution in [-0.4, -0.2) is 34.7 Å². The van der Waals surface area contributed by atoms with E-state index >= 15 is 0 Å². The maximum atomic E-state index is 10.9. The highest BCUT2D eigenvalue weighted by Crippen LogP contribution is 2.39. The molecule has 0 aromatic heterocycles. The third-order valence-corrected chi connectivity index (χ3v) is 5.36. The first-order valence-corrected chi connectivity index (χ1v) is 8.18. The average Bonchev–Trinajstić information content (AvgIpc) is 2.43. The molecular formula is C18H27NO2. The van der Waals surface area contributed by atoms with Gasteiger partial charge in [0.25, 0.3) is 0 Å². The van der Waals surface area contributed by atoms with Gasteiger partial charge in [-0.25, -0.2) is 0 Å². The van der Waals surface area contributed by atoms with Crippen LogP contribution in [0.3, 0.4) is 0 Å². The van der Waals surface area contributed by atoms with Crippen molar-refractivity contribution in [1.29, 1.82) is 0 Å². The summed E-state index contributed by atoms with van der Waals surface area (Å²) in [4.78, 5) is 2.48. The Kier molecular flexibility index (Phi) is 3.98. The molecule has 1 aromatic carbocycles. The summed E-state index contributed by atoms with van der Waals surface area (Å²) in [6.07, 6.45) is 3.27. The van der Waals surface area contributed by atoms with E-state index in [0.717, 1.165) is 11.3 Å². The van der Waals surface area contributed by atoms with Gasteiger partial charge in [-0.2, -0.15) is 0 Å². The van der Waals surface area contributed by atoms with Gasteiger partial charge in [0.2, 0.25) is 0 Å². The lowest BCUT2D eigenvalue weighted by Gasteiger charge is -2.47. The van der Waals surface area contributed by atoms with Gasteiger partial charge >= 0.3 is 0 Å². The first-order chi connectivity index (χ1) is 9.99. The Morgan fingerprint density at radius 3 is 2.38 bits per heavy atom. The van der Waals surface area contributed by atoms with Gasteiger partial charge < -0.3 is 9.84 Å². The molecule has 3 heteroatoms. The Bertz CT molecular complexity index is 518. The summed E-state index contributed by atoms with van der Waals surface area (Å²) < 4.78 is 5.99. The fourth-order valence-electron chi connectivity index (χ4n) is 3.99. The molecular weight excluding hydrogens is 262 g/mol. The van der Waals surface area contributed by atoms with Crippen molar-refractivity contribution in [3.05, 3.63) is 28.8 Å². The first-order valence-electron chi connectivity index (χ1n) is 8.18. The zero-order valence-corrected chi connectivity index (χ0v) is 13.6. The summed E-state index contributed by atoms with van der Waals surface area (Å²) in [6.45, 7) is 9.33. The summed E-state index contributed by atoms with van der Waals surface area (Å²) in [5.74, 6) is 0.860. The molecule has 3 rings (SSSR count). The Balaban J connectivity index is 1.91. The molecule has 1 fully saturated rings. The van der Waals surface area contributed by atoms with Crippen LogP contribution in [0.25, 0.3) is 0 Å². The van der Waals surface area contributed by atoms with Crippen LogP contribution < -0.4 is 4.74 Å². The molecule has 2 heterocycles. The summed E-state index contributed by atoms with van der Waals surface area (Å²) in [5.41, 5.74) is 3.40. The van der Waals surface area contributed by atoms with E-state index in [0.29, 0.717) is 18.7 Å². The van der Waals surface area contributed by atoms with Gasteiger partial charge in [-0.15, -0.1) is 0 Å². The number of piperidine rings is 1. The van der Waals surface area contributed by atoms with Crippen LogP contribution in [0, 0.1) is 13.8 Å². The second-order valence-corrected chi connectivity index (χ2v) is 6.87. The smallest absolute Gasteiger partial charge is 0.125 e. The molecule has 116 valence electrons. The number of fused-ring (bicyclic) bond motifs is 1. The van der Waals surface area contributed by atoms with Crippen molar-refractivity contribution >= 4 is 0 Å². The van der Waals surface area contributed by atoms with Crippen LogP contribution in [0.1, 0.15) is 55.9 Å². The molecule has 4 atom stereocenters. The highest BCUT2D eigenvalue weighted by atomic mass is 16.5. The zero-order chi connectivity index (χ0) is 15.1. The highest BCUT2D eigenvalue weighted by molar-refractivity contribution is 5.44. The number of aliphatic hydroxyl groups is 1. The minimum atomic E-state index is -0.448. The Hall–Kier alpha value is -1.06. The molecule has 2 aliphatic heterocycles. The van der Waals surface area contributed by atoms with E-state index in [2.05, 4.69) is 44.7 Å². The van der Waals surface area contributed by atoms with Gasteiger partial charge in [0.1, 0.15) is 18.5 Å². The first kappa shape index (κ1) is 14.9. The van der Waals surface area contributed by atoms with E-state index in [-0.39, 0.29) is 6.04 Å². The second kappa shape index (κ2) is 5.62. The molecule has 0 aliphatic carbocycles. The van der Waals surface area contributed by atoms with Crippen molar-refractivity contribution in [1.82, 2.24) is 4.90 Å². The van der Waals surface area contributed by atoms with Crippen LogP contribution in [0.2, 0.25) is 0 Å². The summed E-state index contributed by atoms with van der Waals surface area (Å²) in [5, 5.41) is 10.9. The lowest BCUT2D eigenvalue weighted by molar-refractivity contribution is -0.0471. The van der Waals surface area contributed by atoms with Crippen LogP contribution in [0.5, 0.6) is 5.75 Å². The monoisotopic (exact) mass is 289 g/mol.